The molecule has 0 spiro atoms. The van der Waals surface area contributed by atoms with Crippen molar-refractivity contribution in [3.8, 4) is 0 Å². The van der Waals surface area contributed by atoms with Crippen LogP contribution >= 0.6 is 0 Å². The van der Waals surface area contributed by atoms with E-state index in [4.69, 9.17) is 4.74 Å². The molecule has 2 rings (SSSR count). The van der Waals surface area contributed by atoms with Crippen LogP contribution in [0.5, 0.6) is 0 Å². The second-order valence-electron chi connectivity index (χ2n) is 3.58. The predicted octanol–water partition coefficient (Wildman–Crippen LogP) is 1.94. The number of anilines is 1. The number of hydrogen-bond acceptors (Lipinski definition) is 4. The average molecular weight is 222 g/mol. The molecule has 1 amide bonds. The summed E-state index contributed by atoms with van der Waals surface area (Å²) in [6.45, 7) is 2.26. The van der Waals surface area contributed by atoms with Gasteiger partial charge in [0.05, 0.1) is 11.5 Å². The Morgan fingerprint density at radius 2 is 2.06 bits per heavy atom. The van der Waals surface area contributed by atoms with Crippen molar-refractivity contribution in [2.24, 2.45) is 0 Å². The normalized spacial score (nSPS) is 19.7. The molecule has 16 heavy (non-hydrogen) atoms. The van der Waals surface area contributed by atoms with E-state index >= 15 is 0 Å². The fourth-order valence-electron chi connectivity index (χ4n) is 1.57. The van der Waals surface area contributed by atoms with Gasteiger partial charge in [0.2, 0.25) is 0 Å². The van der Waals surface area contributed by atoms with Crippen LogP contribution in [-0.2, 0) is 4.74 Å². The summed E-state index contributed by atoms with van der Waals surface area (Å²) in [6.07, 6.45) is -0.566. The van der Waals surface area contributed by atoms with Gasteiger partial charge >= 0.3 is 6.09 Å². The highest BCUT2D eigenvalue weighted by Crippen LogP contribution is 2.23. The number of amides is 1. The summed E-state index contributed by atoms with van der Waals surface area (Å²) in [5, 5.41) is 10.5. The number of cyclic esters (lactones) is 1. The molecular formula is C10H10N2O4. The molecule has 0 saturated carbocycles. The van der Waals surface area contributed by atoms with Crippen molar-refractivity contribution in [2.45, 2.75) is 13.0 Å². The largest absolute Gasteiger partial charge is 0.444 e. The number of carbonyl (C=O) groups is 1. The first kappa shape index (κ1) is 10.4. The van der Waals surface area contributed by atoms with Gasteiger partial charge in [-0.05, 0) is 19.1 Å². The van der Waals surface area contributed by atoms with Crippen LogP contribution in [0.3, 0.4) is 0 Å². The van der Waals surface area contributed by atoms with Crippen LogP contribution in [0, 0.1) is 10.1 Å². The van der Waals surface area contributed by atoms with Gasteiger partial charge in [0.25, 0.3) is 5.69 Å². The zero-order chi connectivity index (χ0) is 11.7. The molecule has 1 aromatic carbocycles. The third-order valence-electron chi connectivity index (χ3n) is 2.33. The van der Waals surface area contributed by atoms with E-state index in [0.29, 0.717) is 12.2 Å². The quantitative estimate of drug-likeness (QED) is 0.566. The minimum atomic E-state index is -0.477. The number of rotatable bonds is 2. The van der Waals surface area contributed by atoms with Gasteiger partial charge in [0.15, 0.2) is 0 Å². The minimum absolute atomic E-state index is 0.00404. The van der Waals surface area contributed by atoms with Crippen molar-refractivity contribution in [2.75, 3.05) is 11.4 Å². The fraction of sp³-hybridized carbons (Fsp3) is 0.300. The highest BCUT2D eigenvalue weighted by Gasteiger charge is 2.29. The molecule has 1 atom stereocenters. The van der Waals surface area contributed by atoms with Crippen LogP contribution in [0.2, 0.25) is 0 Å². The van der Waals surface area contributed by atoms with Crippen molar-refractivity contribution < 1.29 is 14.5 Å². The van der Waals surface area contributed by atoms with Crippen molar-refractivity contribution >= 4 is 17.5 Å². The molecule has 1 fully saturated rings. The summed E-state index contributed by atoms with van der Waals surface area (Å²) in [6, 6.07) is 5.81. The highest BCUT2D eigenvalue weighted by atomic mass is 16.6. The molecule has 0 N–H and O–H groups in total. The predicted molar refractivity (Wildman–Crippen MR) is 56.4 cm³/mol. The second-order valence-corrected chi connectivity index (χ2v) is 3.58. The van der Waals surface area contributed by atoms with Gasteiger partial charge in [0, 0.05) is 17.8 Å². The Labute approximate surface area is 91.6 Å². The van der Waals surface area contributed by atoms with Gasteiger partial charge in [-0.15, -0.1) is 0 Å². The van der Waals surface area contributed by atoms with Gasteiger partial charge in [-0.1, -0.05) is 0 Å². The number of nitro benzene ring substituents is 1. The molecule has 1 aliphatic rings. The third kappa shape index (κ3) is 1.81. The Morgan fingerprint density at radius 1 is 1.44 bits per heavy atom. The standard InChI is InChI=1S/C10H10N2O4/c1-7-6-11(10(13)16-7)8-2-4-9(5-3-8)12(14)15/h2-5,7H,6H2,1H3. The van der Waals surface area contributed by atoms with E-state index in [-0.39, 0.29) is 11.8 Å². The van der Waals surface area contributed by atoms with Crippen LogP contribution in [0.4, 0.5) is 16.2 Å². The Morgan fingerprint density at radius 3 is 2.50 bits per heavy atom. The van der Waals surface area contributed by atoms with Crippen LogP contribution in [-0.4, -0.2) is 23.7 Å². The summed E-state index contributed by atoms with van der Waals surface area (Å²) in [4.78, 5) is 22.8. The van der Waals surface area contributed by atoms with Gasteiger partial charge < -0.3 is 4.74 Å². The zero-order valence-electron chi connectivity index (χ0n) is 8.62. The smallest absolute Gasteiger partial charge is 0.414 e. The first-order valence-corrected chi connectivity index (χ1v) is 4.80. The van der Waals surface area contributed by atoms with Crippen molar-refractivity contribution in [3.63, 3.8) is 0 Å². The number of nitrogens with zero attached hydrogens (tertiary/aromatic N) is 2. The maximum absolute atomic E-state index is 11.4. The minimum Gasteiger partial charge on any atom is -0.444 e. The van der Waals surface area contributed by atoms with E-state index in [2.05, 4.69) is 0 Å². The molecule has 0 aliphatic carbocycles. The van der Waals surface area contributed by atoms with Gasteiger partial charge in [0.1, 0.15) is 6.10 Å². The van der Waals surface area contributed by atoms with Crippen LogP contribution < -0.4 is 4.90 Å². The van der Waals surface area contributed by atoms with Crippen molar-refractivity contribution in [3.05, 3.63) is 34.4 Å². The maximum atomic E-state index is 11.4. The lowest BCUT2D eigenvalue weighted by atomic mass is 10.2. The topological polar surface area (TPSA) is 72.7 Å². The second kappa shape index (κ2) is 3.80. The summed E-state index contributed by atoms with van der Waals surface area (Å²) < 4.78 is 4.96. The van der Waals surface area contributed by atoms with E-state index in [0.717, 1.165) is 0 Å². The van der Waals surface area contributed by atoms with E-state index in [1.807, 2.05) is 0 Å². The fourth-order valence-corrected chi connectivity index (χ4v) is 1.57. The summed E-state index contributed by atoms with van der Waals surface area (Å²) in [7, 11) is 0. The van der Waals surface area contributed by atoms with E-state index in [1.165, 1.54) is 29.2 Å². The van der Waals surface area contributed by atoms with Gasteiger partial charge in [-0.3, -0.25) is 15.0 Å². The molecule has 0 aromatic heterocycles. The summed E-state index contributed by atoms with van der Waals surface area (Å²) >= 11 is 0. The molecule has 0 radical (unpaired) electrons. The lowest BCUT2D eigenvalue weighted by molar-refractivity contribution is -0.384. The molecule has 1 heterocycles. The SMILES string of the molecule is CC1CN(c2ccc([N+](=O)[O-])cc2)C(=O)O1. The zero-order valence-corrected chi connectivity index (χ0v) is 8.62. The Hall–Kier alpha value is -2.11. The van der Waals surface area contributed by atoms with Crippen LogP contribution in [0.25, 0.3) is 0 Å². The monoisotopic (exact) mass is 222 g/mol. The molecule has 1 aliphatic heterocycles. The number of hydrogen-bond donors (Lipinski definition) is 0. The lowest BCUT2D eigenvalue weighted by Gasteiger charge is -2.11. The molecule has 0 bridgehead atoms. The Kier molecular flexibility index (Phi) is 2.47. The van der Waals surface area contributed by atoms with E-state index in [1.54, 1.807) is 6.92 Å². The first-order valence-electron chi connectivity index (χ1n) is 4.80. The number of benzene rings is 1. The average Bonchev–Trinajstić information content (AvgIpc) is 2.58. The molecular weight excluding hydrogens is 212 g/mol. The summed E-state index contributed by atoms with van der Waals surface area (Å²) in [5.41, 5.74) is 0.615. The molecule has 1 aromatic rings. The highest BCUT2D eigenvalue weighted by molar-refractivity contribution is 5.89. The Balaban J connectivity index is 2.22. The molecule has 6 heteroatoms. The lowest BCUT2D eigenvalue weighted by Crippen LogP contribution is -2.23. The maximum Gasteiger partial charge on any atom is 0.414 e. The van der Waals surface area contributed by atoms with Crippen LogP contribution in [0.15, 0.2) is 24.3 Å². The molecule has 1 saturated heterocycles. The molecule has 84 valence electrons. The van der Waals surface area contributed by atoms with Crippen molar-refractivity contribution in [1.29, 1.82) is 0 Å². The van der Waals surface area contributed by atoms with E-state index < -0.39 is 11.0 Å². The number of non-ortho nitro benzene ring substituents is 1. The first-order chi connectivity index (χ1) is 7.58. The van der Waals surface area contributed by atoms with Gasteiger partial charge in [-0.25, -0.2) is 4.79 Å². The van der Waals surface area contributed by atoms with Gasteiger partial charge in [-0.2, -0.15) is 0 Å². The number of ether oxygens (including phenoxy) is 1. The molecule has 6 nitrogen and oxygen atoms in total. The Bertz CT molecular complexity index is 429. The van der Waals surface area contributed by atoms with E-state index in [9.17, 15) is 14.9 Å². The third-order valence-corrected chi connectivity index (χ3v) is 2.33. The molecule has 1 unspecified atom stereocenters. The van der Waals surface area contributed by atoms with Crippen LogP contribution in [0.1, 0.15) is 6.92 Å². The van der Waals surface area contributed by atoms with Crippen molar-refractivity contribution in [1.82, 2.24) is 0 Å². The number of carbonyl (C=O) groups excluding carboxylic acids is 1. The summed E-state index contributed by atoms with van der Waals surface area (Å²) in [5.74, 6) is 0. The number of nitro groups is 1.